The summed E-state index contributed by atoms with van der Waals surface area (Å²) in [6.07, 6.45) is 0. The molecule has 0 radical (unpaired) electrons. The number of carboxylic acids is 12. The number of hydrogen-bond acceptors (Lipinski definition) is 14. The number of rotatable bonds is 12. The van der Waals surface area contributed by atoms with Gasteiger partial charge in [-0.3, -0.25) is 0 Å². The number of benzene rings is 3. The Kier molecular flexibility index (Phi) is 20.8. The second-order valence-electron chi connectivity index (χ2n) is 14.8. The van der Waals surface area contributed by atoms with Gasteiger partial charge in [0.15, 0.2) is 0 Å². The lowest BCUT2D eigenvalue weighted by Crippen LogP contribution is -2.27. The van der Waals surface area contributed by atoms with Gasteiger partial charge >= 0.3 is 59.7 Å². The van der Waals surface area contributed by atoms with Crippen LogP contribution in [0.4, 0.5) is 0 Å². The summed E-state index contributed by atoms with van der Waals surface area (Å²) >= 11 is 0. The molecular weight excluding hydrogens is 868 g/mol. The normalized spacial score (nSPS) is 10.1. The Morgan fingerprint density at radius 2 is 0.344 bits per heavy atom. The highest BCUT2D eigenvalue weighted by Gasteiger charge is 2.26. The molecule has 10 N–H and O–H groups in total. The van der Waals surface area contributed by atoms with Gasteiger partial charge in [-0.05, 0) is 36.4 Å². The minimum atomic E-state index is -1.91. The highest BCUT2D eigenvalue weighted by atomic mass is 16.4. The van der Waals surface area contributed by atoms with E-state index in [4.69, 9.17) is 51.1 Å². The molecule has 0 spiro atoms. The van der Waals surface area contributed by atoms with Gasteiger partial charge < -0.3 is 79.8 Å². The molecule has 0 bridgehead atoms. The fraction of sp³-hybridized carbons (Fsp3) is 0.211. The molecule has 0 aliphatic carbocycles. The highest BCUT2D eigenvalue weighted by molar-refractivity contribution is 6.11. The van der Waals surface area contributed by atoms with Crippen LogP contribution in [0.1, 0.15) is 124 Å². The Bertz CT molecular complexity index is 1850. The van der Waals surface area contributed by atoms with Crippen molar-refractivity contribution in [2.45, 2.75) is 0 Å². The fourth-order valence-corrected chi connectivity index (χ4v) is 3.91. The molecule has 3 aromatic carbocycles. The maximum Gasteiger partial charge on any atom is 0.336 e. The van der Waals surface area contributed by atoms with E-state index in [9.17, 15) is 67.7 Å². The van der Waals surface area contributed by atoms with Gasteiger partial charge in [0, 0.05) is 11.1 Å². The lowest BCUT2D eigenvalue weighted by molar-refractivity contribution is -0.849. The van der Waals surface area contributed by atoms with Gasteiger partial charge in [-0.15, -0.1) is 0 Å². The van der Waals surface area contributed by atoms with E-state index in [-0.39, 0.29) is 0 Å². The zero-order chi connectivity index (χ0) is 51.1. The second kappa shape index (κ2) is 23.3. The summed E-state index contributed by atoms with van der Waals surface area (Å²) in [5.74, 6) is -20.6. The van der Waals surface area contributed by atoms with Crippen molar-refractivity contribution in [1.29, 1.82) is 0 Å². The van der Waals surface area contributed by atoms with Crippen molar-refractivity contribution in [3.8, 4) is 0 Å². The summed E-state index contributed by atoms with van der Waals surface area (Å²) in [7, 11) is 17.0. The third-order valence-corrected chi connectivity index (χ3v) is 6.22. The van der Waals surface area contributed by atoms with Crippen LogP contribution in [0.15, 0.2) is 36.4 Å². The number of quaternary nitrogens is 2. The smallest absolute Gasteiger partial charge is 0.336 e. The van der Waals surface area contributed by atoms with Crippen LogP contribution in [0.5, 0.6) is 0 Å². The Morgan fingerprint density at radius 1 is 0.266 bits per heavy atom. The third kappa shape index (κ3) is 19.1. The van der Waals surface area contributed by atoms with E-state index in [1.165, 1.54) is 0 Å². The second-order valence-corrected chi connectivity index (χ2v) is 14.8. The third-order valence-electron chi connectivity index (χ3n) is 6.22. The zero-order valence-corrected chi connectivity index (χ0v) is 34.5. The summed E-state index contributed by atoms with van der Waals surface area (Å²) < 4.78 is 2.00. The van der Waals surface area contributed by atoms with Crippen molar-refractivity contribution in [1.82, 2.24) is 0 Å². The Hall–Kier alpha value is -8.78. The van der Waals surface area contributed by atoms with Crippen LogP contribution < -0.4 is 10.2 Å². The van der Waals surface area contributed by atoms with Crippen molar-refractivity contribution in [3.63, 3.8) is 0 Å². The first-order valence-electron chi connectivity index (χ1n) is 16.6. The lowest BCUT2D eigenvalue weighted by Gasteiger charge is -2.14. The van der Waals surface area contributed by atoms with Crippen molar-refractivity contribution < 1.29 is 128 Å². The summed E-state index contributed by atoms with van der Waals surface area (Å²) in [4.78, 5) is 129. The number of carboxylic acid groups (broad SMARTS) is 12. The van der Waals surface area contributed by atoms with Crippen LogP contribution in [0.2, 0.25) is 0 Å². The Labute approximate surface area is 358 Å². The quantitative estimate of drug-likeness (QED) is 0.102. The van der Waals surface area contributed by atoms with Gasteiger partial charge in [0.25, 0.3) is 0 Å². The molecule has 0 saturated carbocycles. The van der Waals surface area contributed by atoms with Crippen LogP contribution in [-0.2, 0) is 0 Å². The molecule has 0 atom stereocenters. The lowest BCUT2D eigenvalue weighted by atomic mass is 9.98. The molecule has 0 aromatic heterocycles. The van der Waals surface area contributed by atoms with Crippen LogP contribution in [0.25, 0.3) is 0 Å². The summed E-state index contributed by atoms with van der Waals surface area (Å²) in [6, 6.07) is 2.86. The van der Waals surface area contributed by atoms with Crippen molar-refractivity contribution in [3.05, 3.63) is 103 Å². The summed E-state index contributed by atoms with van der Waals surface area (Å²) in [5.41, 5.74) is -9.93. The fourth-order valence-electron chi connectivity index (χ4n) is 3.91. The predicted octanol–water partition coefficient (Wildman–Crippen LogP) is -0.586. The summed E-state index contributed by atoms with van der Waals surface area (Å²) in [5, 5.41) is 109. The Morgan fingerprint density at radius 3 is 0.422 bits per heavy atom. The van der Waals surface area contributed by atoms with Crippen LogP contribution in [0, 0.1) is 0 Å². The molecule has 0 aliphatic heterocycles. The van der Waals surface area contributed by atoms with Gasteiger partial charge in [-0.1, -0.05) is 0 Å². The molecule has 26 heteroatoms. The molecule has 64 heavy (non-hydrogen) atoms. The number of nitrogens with zero attached hydrogens (tertiary/aromatic N) is 2. The molecule has 0 saturated heterocycles. The number of carbonyl (C=O) groups is 12. The van der Waals surface area contributed by atoms with Crippen LogP contribution >= 0.6 is 0 Å². The first-order valence-corrected chi connectivity index (χ1v) is 16.6. The van der Waals surface area contributed by atoms with E-state index in [1.54, 1.807) is 0 Å². The molecule has 3 aromatic rings. The molecule has 0 unspecified atom stereocenters. The molecule has 26 nitrogen and oxygen atoms in total. The van der Waals surface area contributed by atoms with E-state index in [0.717, 1.165) is 8.97 Å². The van der Waals surface area contributed by atoms with Crippen LogP contribution in [-0.4, -0.2) is 188 Å². The molecule has 0 fully saturated rings. The van der Waals surface area contributed by atoms with E-state index in [0.29, 0.717) is 36.4 Å². The first kappa shape index (κ1) is 57.3. The highest BCUT2D eigenvalue weighted by Crippen LogP contribution is 2.20. The minimum Gasteiger partial charge on any atom is -0.545 e. The van der Waals surface area contributed by atoms with Crippen molar-refractivity contribution in [2.24, 2.45) is 0 Å². The number of aromatic carboxylic acids is 12. The maximum absolute atomic E-state index is 10.8. The first-order chi connectivity index (χ1) is 28.8. The number of hydrogen-bond donors (Lipinski definition) is 10. The Balaban J connectivity index is 0. The molecule has 0 aliphatic rings. The summed E-state index contributed by atoms with van der Waals surface area (Å²) in [6.45, 7) is 0. The molecule has 0 amide bonds. The standard InChI is InChI=1S/3C10H6O8.2C4H12N/c3*11-7(12)3-1-4(8(13)14)6(10(17)18)2-5(3)9(15)16;2*1-5(2,3)4/h3*1-2H,(H,11,12)(H,13,14)(H,15,16)(H,17,18);2*1-4H3/q;;;2*+1/p-2. The minimum absolute atomic E-state index is 0.449. The van der Waals surface area contributed by atoms with Gasteiger partial charge in [-0.25, -0.2) is 47.9 Å². The number of carbonyl (C=O) groups excluding carboxylic acids is 2. The van der Waals surface area contributed by atoms with Gasteiger partial charge in [0.1, 0.15) is 0 Å². The largest absolute Gasteiger partial charge is 0.545 e. The SMILES string of the molecule is C[N+](C)(C)C.C[N+](C)(C)C.O=C(O)c1cc(C(=O)O)c(C(=O)O)cc1C(=O)O.O=C([O-])c1cc(C(=O)O)c(C(=O)O)cc1C(=O)O.O=C([O-])c1cc(C(=O)O)c(C(=O)O)cc1C(=O)O. The van der Waals surface area contributed by atoms with Crippen molar-refractivity contribution >= 4 is 71.6 Å². The molecule has 346 valence electrons. The molecule has 0 heterocycles. The van der Waals surface area contributed by atoms with Crippen molar-refractivity contribution in [2.75, 3.05) is 56.4 Å². The zero-order valence-electron chi connectivity index (χ0n) is 34.5. The van der Waals surface area contributed by atoms with E-state index >= 15 is 0 Å². The molecule has 3 rings (SSSR count). The van der Waals surface area contributed by atoms with E-state index in [2.05, 4.69) is 56.4 Å². The topological polar surface area (TPSA) is 453 Å². The average Bonchev–Trinajstić information content (AvgIpc) is 3.11. The maximum atomic E-state index is 10.8. The van der Waals surface area contributed by atoms with E-state index < -0.39 is 138 Å². The van der Waals surface area contributed by atoms with Gasteiger partial charge in [0.05, 0.1) is 124 Å². The monoisotopic (exact) mass is 908 g/mol. The average molecular weight is 909 g/mol. The van der Waals surface area contributed by atoms with Crippen LogP contribution in [0.3, 0.4) is 0 Å². The van der Waals surface area contributed by atoms with Gasteiger partial charge in [0.2, 0.25) is 0 Å². The molecular formula is C38H40N2O24. The van der Waals surface area contributed by atoms with E-state index in [1.807, 2.05) is 0 Å². The predicted molar refractivity (Wildman–Crippen MR) is 205 cm³/mol. The van der Waals surface area contributed by atoms with Gasteiger partial charge in [-0.2, -0.15) is 0 Å².